The Hall–Kier alpha value is -2.04. The van der Waals surface area contributed by atoms with Crippen molar-refractivity contribution in [3.63, 3.8) is 0 Å². The molecule has 0 aliphatic carbocycles. The molecular weight excluding hydrogens is 243 g/mol. The van der Waals surface area contributed by atoms with E-state index in [0.717, 1.165) is 30.8 Å². The lowest BCUT2D eigenvalue weighted by Gasteiger charge is -2.10. The molecule has 0 atom stereocenters. The van der Waals surface area contributed by atoms with E-state index in [2.05, 4.69) is 15.5 Å². The van der Waals surface area contributed by atoms with Crippen molar-refractivity contribution in [3.8, 4) is 0 Å². The van der Waals surface area contributed by atoms with E-state index < -0.39 is 0 Å². The number of hydrogen-bond acceptors (Lipinski definition) is 3. The summed E-state index contributed by atoms with van der Waals surface area (Å²) in [5.41, 5.74) is 9.95. The van der Waals surface area contributed by atoms with Gasteiger partial charge < -0.3 is 11.1 Å². The molecule has 19 heavy (non-hydrogen) atoms. The van der Waals surface area contributed by atoms with Gasteiger partial charge in [-0.25, -0.2) is 4.39 Å². The topological polar surface area (TPSA) is 66.7 Å². The third kappa shape index (κ3) is 3.24. The number of aromatic amines is 1. The molecule has 102 valence electrons. The van der Waals surface area contributed by atoms with Crippen molar-refractivity contribution in [1.29, 1.82) is 0 Å². The van der Waals surface area contributed by atoms with E-state index in [4.69, 9.17) is 5.73 Å². The Morgan fingerprint density at radius 3 is 2.84 bits per heavy atom. The largest absolute Gasteiger partial charge is 0.397 e. The van der Waals surface area contributed by atoms with Gasteiger partial charge in [-0.2, -0.15) is 5.10 Å². The van der Waals surface area contributed by atoms with Gasteiger partial charge in [-0.05, 0) is 49.9 Å². The number of H-pyrrole nitrogens is 1. The summed E-state index contributed by atoms with van der Waals surface area (Å²) in [6.07, 6.45) is 3.78. The molecule has 2 rings (SSSR count). The van der Waals surface area contributed by atoms with Crippen LogP contribution in [0.4, 0.5) is 15.8 Å². The summed E-state index contributed by atoms with van der Waals surface area (Å²) in [6.45, 7) is 4.53. The van der Waals surface area contributed by atoms with E-state index in [-0.39, 0.29) is 5.82 Å². The smallest absolute Gasteiger partial charge is 0.128 e. The number of nitrogens with zero attached hydrogens (tertiary/aromatic N) is 1. The lowest BCUT2D eigenvalue weighted by Crippen LogP contribution is -2.06. The summed E-state index contributed by atoms with van der Waals surface area (Å²) < 4.78 is 13.3. The van der Waals surface area contributed by atoms with Crippen molar-refractivity contribution in [2.45, 2.75) is 26.7 Å². The Bertz CT molecular complexity index is 563. The van der Waals surface area contributed by atoms with Gasteiger partial charge in [0.05, 0.1) is 17.6 Å². The molecule has 1 aromatic carbocycles. The second kappa shape index (κ2) is 5.73. The fourth-order valence-electron chi connectivity index (χ4n) is 1.98. The van der Waals surface area contributed by atoms with E-state index >= 15 is 0 Å². The number of nitrogens with one attached hydrogen (secondary N) is 2. The van der Waals surface area contributed by atoms with Crippen molar-refractivity contribution in [2.75, 3.05) is 17.6 Å². The highest BCUT2D eigenvalue weighted by molar-refractivity contribution is 5.67. The minimum atomic E-state index is -0.267. The molecule has 0 saturated heterocycles. The van der Waals surface area contributed by atoms with Crippen molar-refractivity contribution in [3.05, 3.63) is 41.0 Å². The summed E-state index contributed by atoms with van der Waals surface area (Å²) in [5.74, 6) is -0.267. The Morgan fingerprint density at radius 2 is 2.16 bits per heavy atom. The number of nitrogen functional groups attached to an aromatic ring is 1. The zero-order valence-corrected chi connectivity index (χ0v) is 11.3. The molecule has 0 amide bonds. The SMILES string of the molecule is Cc1cc(NCCCc2cn[nH]c2C)c(N)cc1F. The van der Waals surface area contributed by atoms with Crippen LogP contribution in [0.25, 0.3) is 0 Å². The molecule has 4 N–H and O–H groups in total. The lowest BCUT2D eigenvalue weighted by molar-refractivity contribution is 0.619. The minimum Gasteiger partial charge on any atom is -0.397 e. The van der Waals surface area contributed by atoms with Gasteiger partial charge in [0, 0.05) is 12.2 Å². The minimum absolute atomic E-state index is 0.267. The summed E-state index contributed by atoms with van der Waals surface area (Å²) in [7, 11) is 0. The van der Waals surface area contributed by atoms with Gasteiger partial charge in [0.15, 0.2) is 0 Å². The molecule has 0 radical (unpaired) electrons. The molecule has 0 spiro atoms. The van der Waals surface area contributed by atoms with Crippen LogP contribution in [0.3, 0.4) is 0 Å². The van der Waals surface area contributed by atoms with E-state index in [0.29, 0.717) is 11.3 Å². The maximum atomic E-state index is 13.3. The first-order chi connectivity index (χ1) is 9.08. The highest BCUT2D eigenvalue weighted by Crippen LogP contribution is 2.22. The molecular formula is C14H19FN4. The second-order valence-corrected chi connectivity index (χ2v) is 4.74. The van der Waals surface area contributed by atoms with Crippen LogP contribution in [0.15, 0.2) is 18.3 Å². The van der Waals surface area contributed by atoms with Gasteiger partial charge in [-0.3, -0.25) is 5.10 Å². The average molecular weight is 262 g/mol. The van der Waals surface area contributed by atoms with E-state index in [1.54, 1.807) is 13.0 Å². The van der Waals surface area contributed by atoms with Crippen LogP contribution < -0.4 is 11.1 Å². The quantitative estimate of drug-likeness (QED) is 0.573. The predicted octanol–water partition coefficient (Wildman–Crippen LogP) is 2.79. The first-order valence-corrected chi connectivity index (χ1v) is 6.36. The van der Waals surface area contributed by atoms with Gasteiger partial charge >= 0.3 is 0 Å². The molecule has 2 aromatic rings. The summed E-state index contributed by atoms with van der Waals surface area (Å²) in [6, 6.07) is 3.10. The molecule has 1 aromatic heterocycles. The summed E-state index contributed by atoms with van der Waals surface area (Å²) >= 11 is 0. The standard InChI is InChI=1S/C14H19FN4/c1-9-6-14(13(16)7-12(9)15)17-5-3-4-11-8-18-19-10(11)2/h6-8,17H,3-5,16H2,1-2H3,(H,18,19). The molecule has 0 fully saturated rings. The van der Waals surface area contributed by atoms with Crippen molar-refractivity contribution >= 4 is 11.4 Å². The van der Waals surface area contributed by atoms with E-state index in [1.807, 2.05) is 13.1 Å². The van der Waals surface area contributed by atoms with Crippen LogP contribution in [-0.2, 0) is 6.42 Å². The maximum absolute atomic E-state index is 13.3. The van der Waals surface area contributed by atoms with Gasteiger partial charge in [-0.15, -0.1) is 0 Å². The highest BCUT2D eigenvalue weighted by Gasteiger charge is 2.05. The number of anilines is 2. The van der Waals surface area contributed by atoms with Gasteiger partial charge in [0.2, 0.25) is 0 Å². The Labute approximate surface area is 112 Å². The van der Waals surface area contributed by atoms with Gasteiger partial charge in [0.25, 0.3) is 0 Å². The molecule has 4 nitrogen and oxygen atoms in total. The molecule has 0 aliphatic rings. The third-order valence-corrected chi connectivity index (χ3v) is 3.20. The number of nitrogens with two attached hydrogens (primary N) is 1. The number of aromatic nitrogens is 2. The lowest BCUT2D eigenvalue weighted by atomic mass is 10.1. The second-order valence-electron chi connectivity index (χ2n) is 4.74. The normalized spacial score (nSPS) is 10.7. The fraction of sp³-hybridized carbons (Fsp3) is 0.357. The van der Waals surface area contributed by atoms with Crippen LogP contribution in [0, 0.1) is 19.7 Å². The van der Waals surface area contributed by atoms with Crippen LogP contribution in [0.2, 0.25) is 0 Å². The van der Waals surface area contributed by atoms with Gasteiger partial charge in [-0.1, -0.05) is 0 Å². The summed E-state index contributed by atoms with van der Waals surface area (Å²) in [5, 5.41) is 10.1. The monoisotopic (exact) mass is 262 g/mol. The zero-order chi connectivity index (χ0) is 13.8. The zero-order valence-electron chi connectivity index (χ0n) is 11.3. The first kappa shape index (κ1) is 13.4. The van der Waals surface area contributed by atoms with Crippen LogP contribution >= 0.6 is 0 Å². The van der Waals surface area contributed by atoms with Crippen molar-refractivity contribution < 1.29 is 4.39 Å². The predicted molar refractivity (Wildman–Crippen MR) is 75.7 cm³/mol. The average Bonchev–Trinajstić information content (AvgIpc) is 2.77. The number of halogens is 1. The van der Waals surface area contributed by atoms with Crippen LogP contribution in [0.1, 0.15) is 23.2 Å². The molecule has 0 bridgehead atoms. The van der Waals surface area contributed by atoms with Gasteiger partial charge in [0.1, 0.15) is 5.82 Å². The number of rotatable bonds is 5. The fourth-order valence-corrected chi connectivity index (χ4v) is 1.98. The van der Waals surface area contributed by atoms with Crippen molar-refractivity contribution in [1.82, 2.24) is 10.2 Å². The highest BCUT2D eigenvalue weighted by atomic mass is 19.1. The number of hydrogen-bond donors (Lipinski definition) is 3. The molecule has 1 heterocycles. The molecule has 5 heteroatoms. The first-order valence-electron chi connectivity index (χ1n) is 6.36. The Kier molecular flexibility index (Phi) is 4.04. The third-order valence-electron chi connectivity index (χ3n) is 3.20. The molecule has 0 aliphatic heterocycles. The van der Waals surface area contributed by atoms with Crippen LogP contribution in [-0.4, -0.2) is 16.7 Å². The number of benzene rings is 1. The Balaban J connectivity index is 1.86. The Morgan fingerprint density at radius 1 is 1.37 bits per heavy atom. The summed E-state index contributed by atoms with van der Waals surface area (Å²) in [4.78, 5) is 0. The van der Waals surface area contributed by atoms with E-state index in [1.165, 1.54) is 11.6 Å². The van der Waals surface area contributed by atoms with E-state index in [9.17, 15) is 4.39 Å². The van der Waals surface area contributed by atoms with Crippen LogP contribution in [0.5, 0.6) is 0 Å². The maximum Gasteiger partial charge on any atom is 0.128 e. The molecule has 0 unspecified atom stereocenters. The van der Waals surface area contributed by atoms with Crippen molar-refractivity contribution in [2.24, 2.45) is 0 Å². The molecule has 0 saturated carbocycles. The number of aryl methyl sites for hydroxylation is 3.